The Bertz CT molecular complexity index is 540. The molecule has 2 aromatic rings. The average molecular weight is 251 g/mol. The highest BCUT2D eigenvalue weighted by Crippen LogP contribution is 2.28. The number of aliphatic carboxylic acids is 1. The molecule has 0 saturated heterocycles. The fourth-order valence-corrected chi connectivity index (χ4v) is 2.67. The molecular formula is C11H13N3O2S. The summed E-state index contributed by atoms with van der Waals surface area (Å²) in [6, 6.07) is 1.34. The molecule has 2 aromatic heterocycles. The molecular weight excluding hydrogens is 238 g/mol. The summed E-state index contributed by atoms with van der Waals surface area (Å²) in [6.45, 7) is 1.85. The molecule has 2 heterocycles. The lowest BCUT2D eigenvalue weighted by molar-refractivity contribution is -0.138. The number of thiophene rings is 1. The van der Waals surface area contributed by atoms with Gasteiger partial charge in [0.25, 0.3) is 0 Å². The number of carboxylic acid groups (broad SMARTS) is 1. The van der Waals surface area contributed by atoms with Gasteiger partial charge in [-0.2, -0.15) is 0 Å². The molecule has 0 aliphatic heterocycles. The van der Waals surface area contributed by atoms with Crippen LogP contribution in [0.5, 0.6) is 0 Å². The Hall–Kier alpha value is -1.69. The average Bonchev–Trinajstić information content (AvgIpc) is 2.76. The summed E-state index contributed by atoms with van der Waals surface area (Å²) < 4.78 is 0.926. The van der Waals surface area contributed by atoms with Crippen LogP contribution < -0.4 is 4.90 Å². The Balaban J connectivity index is 2.45. The summed E-state index contributed by atoms with van der Waals surface area (Å²) in [5, 5.41) is 11.1. The number of carboxylic acids is 1. The van der Waals surface area contributed by atoms with Crippen molar-refractivity contribution in [2.75, 3.05) is 11.9 Å². The Kier molecular flexibility index (Phi) is 3.23. The second-order valence-electron chi connectivity index (χ2n) is 3.71. The van der Waals surface area contributed by atoms with Gasteiger partial charge in [0.15, 0.2) is 5.82 Å². The monoisotopic (exact) mass is 251 g/mol. The summed E-state index contributed by atoms with van der Waals surface area (Å²) in [5.41, 5.74) is 0.854. The van der Waals surface area contributed by atoms with E-state index >= 15 is 0 Å². The third-order valence-corrected chi connectivity index (χ3v) is 3.60. The van der Waals surface area contributed by atoms with E-state index in [1.807, 2.05) is 18.4 Å². The molecule has 0 radical (unpaired) electrons. The van der Waals surface area contributed by atoms with Gasteiger partial charge in [-0.25, -0.2) is 14.8 Å². The van der Waals surface area contributed by atoms with Crippen molar-refractivity contribution in [3.8, 4) is 0 Å². The van der Waals surface area contributed by atoms with E-state index in [9.17, 15) is 4.79 Å². The molecule has 1 atom stereocenters. The topological polar surface area (TPSA) is 66.3 Å². The van der Waals surface area contributed by atoms with Gasteiger partial charge in [-0.1, -0.05) is 6.92 Å². The minimum atomic E-state index is -0.835. The van der Waals surface area contributed by atoms with Crippen LogP contribution in [-0.4, -0.2) is 34.1 Å². The van der Waals surface area contributed by atoms with Crippen molar-refractivity contribution in [2.24, 2.45) is 0 Å². The number of nitrogens with zero attached hydrogens (tertiary/aromatic N) is 3. The zero-order valence-electron chi connectivity index (χ0n) is 9.62. The maximum absolute atomic E-state index is 11.1. The first-order valence-corrected chi connectivity index (χ1v) is 6.17. The Morgan fingerprint density at radius 2 is 2.35 bits per heavy atom. The van der Waals surface area contributed by atoms with Crippen molar-refractivity contribution in [3.05, 3.63) is 17.8 Å². The van der Waals surface area contributed by atoms with E-state index in [2.05, 4.69) is 9.97 Å². The van der Waals surface area contributed by atoms with Gasteiger partial charge in [-0.15, -0.1) is 11.3 Å². The predicted octanol–water partition coefficient (Wildman–Crippen LogP) is 1.99. The van der Waals surface area contributed by atoms with E-state index in [1.165, 1.54) is 17.7 Å². The first-order valence-electron chi connectivity index (χ1n) is 5.29. The SMILES string of the molecule is CCC(C(=O)O)N(C)c1ncnc2ccsc12. The van der Waals surface area contributed by atoms with Crippen LogP contribution >= 0.6 is 11.3 Å². The number of anilines is 1. The first-order chi connectivity index (χ1) is 8.15. The number of carbonyl (C=O) groups is 1. The minimum Gasteiger partial charge on any atom is -0.480 e. The van der Waals surface area contributed by atoms with Gasteiger partial charge in [0.2, 0.25) is 0 Å². The lowest BCUT2D eigenvalue weighted by Gasteiger charge is -2.24. The highest BCUT2D eigenvalue weighted by Gasteiger charge is 2.23. The number of aromatic nitrogens is 2. The second kappa shape index (κ2) is 4.67. The third-order valence-electron chi connectivity index (χ3n) is 2.70. The van der Waals surface area contributed by atoms with Crippen LogP contribution in [0.15, 0.2) is 17.8 Å². The number of rotatable bonds is 4. The van der Waals surface area contributed by atoms with Crippen LogP contribution in [0.1, 0.15) is 13.3 Å². The van der Waals surface area contributed by atoms with E-state index < -0.39 is 12.0 Å². The predicted molar refractivity (Wildman–Crippen MR) is 67.5 cm³/mol. The minimum absolute atomic E-state index is 0.530. The van der Waals surface area contributed by atoms with Gasteiger partial charge < -0.3 is 10.0 Å². The lowest BCUT2D eigenvalue weighted by atomic mass is 10.2. The molecule has 1 N–H and O–H groups in total. The van der Waals surface area contributed by atoms with Crippen molar-refractivity contribution in [2.45, 2.75) is 19.4 Å². The Morgan fingerprint density at radius 3 is 3.00 bits per heavy atom. The first kappa shape index (κ1) is 11.8. The second-order valence-corrected chi connectivity index (χ2v) is 4.62. The molecule has 0 fully saturated rings. The molecule has 0 saturated carbocycles. The molecule has 1 unspecified atom stereocenters. The Morgan fingerprint density at radius 1 is 1.59 bits per heavy atom. The molecule has 17 heavy (non-hydrogen) atoms. The Labute approximate surface area is 103 Å². The summed E-state index contributed by atoms with van der Waals surface area (Å²) in [6.07, 6.45) is 2.00. The van der Waals surface area contributed by atoms with Gasteiger partial charge in [0.05, 0.1) is 10.2 Å². The van der Waals surface area contributed by atoms with Crippen LogP contribution in [-0.2, 0) is 4.79 Å². The third kappa shape index (κ3) is 2.08. The zero-order chi connectivity index (χ0) is 12.4. The van der Waals surface area contributed by atoms with Gasteiger partial charge in [0, 0.05) is 7.05 Å². The highest BCUT2D eigenvalue weighted by molar-refractivity contribution is 7.17. The zero-order valence-corrected chi connectivity index (χ0v) is 10.4. The van der Waals surface area contributed by atoms with Crippen LogP contribution in [0.2, 0.25) is 0 Å². The van der Waals surface area contributed by atoms with Gasteiger partial charge in [-0.05, 0) is 17.9 Å². The normalized spacial score (nSPS) is 12.6. The molecule has 2 rings (SSSR count). The van der Waals surface area contributed by atoms with E-state index in [0.717, 1.165) is 10.2 Å². The summed E-state index contributed by atoms with van der Waals surface area (Å²) in [5.74, 6) is -0.155. The fraction of sp³-hybridized carbons (Fsp3) is 0.364. The van der Waals surface area contributed by atoms with Gasteiger partial charge in [-0.3, -0.25) is 0 Å². The smallest absolute Gasteiger partial charge is 0.326 e. The molecule has 0 aliphatic carbocycles. The van der Waals surface area contributed by atoms with E-state index in [0.29, 0.717) is 12.2 Å². The fourth-order valence-electron chi connectivity index (χ4n) is 1.79. The maximum Gasteiger partial charge on any atom is 0.326 e. The standard InChI is InChI=1S/C11H13N3O2S/c1-3-8(11(15)16)14(2)10-9-7(4-5-17-9)12-6-13-10/h4-6,8H,3H2,1-2H3,(H,15,16). The molecule has 0 aliphatic rings. The summed E-state index contributed by atoms with van der Waals surface area (Å²) in [4.78, 5) is 21.2. The van der Waals surface area contributed by atoms with Crippen molar-refractivity contribution in [1.82, 2.24) is 9.97 Å². The molecule has 0 amide bonds. The molecule has 5 nitrogen and oxygen atoms in total. The van der Waals surface area contributed by atoms with Gasteiger partial charge in [0.1, 0.15) is 12.4 Å². The molecule has 0 bridgehead atoms. The van der Waals surface area contributed by atoms with Crippen molar-refractivity contribution < 1.29 is 9.90 Å². The van der Waals surface area contributed by atoms with E-state index in [-0.39, 0.29) is 0 Å². The van der Waals surface area contributed by atoms with Crippen molar-refractivity contribution in [1.29, 1.82) is 0 Å². The number of hydrogen-bond acceptors (Lipinski definition) is 5. The molecule has 90 valence electrons. The van der Waals surface area contributed by atoms with Crippen LogP contribution in [0.3, 0.4) is 0 Å². The lowest BCUT2D eigenvalue weighted by Crippen LogP contribution is -2.38. The molecule has 0 spiro atoms. The van der Waals surface area contributed by atoms with Crippen LogP contribution in [0.25, 0.3) is 10.2 Å². The van der Waals surface area contributed by atoms with E-state index in [1.54, 1.807) is 11.9 Å². The van der Waals surface area contributed by atoms with Crippen molar-refractivity contribution in [3.63, 3.8) is 0 Å². The maximum atomic E-state index is 11.1. The van der Waals surface area contributed by atoms with Crippen molar-refractivity contribution >= 4 is 33.3 Å². The largest absolute Gasteiger partial charge is 0.480 e. The molecule has 0 aromatic carbocycles. The van der Waals surface area contributed by atoms with Crippen LogP contribution in [0.4, 0.5) is 5.82 Å². The quantitative estimate of drug-likeness (QED) is 0.900. The number of hydrogen-bond donors (Lipinski definition) is 1. The van der Waals surface area contributed by atoms with E-state index in [4.69, 9.17) is 5.11 Å². The molecule has 6 heteroatoms. The number of likely N-dealkylation sites (N-methyl/N-ethyl adjacent to an activating group) is 1. The van der Waals surface area contributed by atoms with Gasteiger partial charge >= 0.3 is 5.97 Å². The van der Waals surface area contributed by atoms with Crippen LogP contribution in [0, 0.1) is 0 Å². The highest BCUT2D eigenvalue weighted by atomic mass is 32.1. The summed E-state index contributed by atoms with van der Waals surface area (Å²) in [7, 11) is 1.75. The summed E-state index contributed by atoms with van der Waals surface area (Å²) >= 11 is 1.52. The number of fused-ring (bicyclic) bond motifs is 1.